The van der Waals surface area contributed by atoms with E-state index in [1.165, 1.54) is 5.56 Å². The van der Waals surface area contributed by atoms with Gasteiger partial charge in [-0.1, -0.05) is 30.3 Å². The van der Waals surface area contributed by atoms with Crippen molar-refractivity contribution in [3.8, 4) is 0 Å². The van der Waals surface area contributed by atoms with Crippen LogP contribution in [0.3, 0.4) is 0 Å². The van der Waals surface area contributed by atoms with Crippen LogP contribution in [0.15, 0.2) is 36.4 Å². The number of benzene rings is 1. The summed E-state index contributed by atoms with van der Waals surface area (Å²) in [6.45, 7) is 7.51. The summed E-state index contributed by atoms with van der Waals surface area (Å²) in [5.74, 6) is 0.754. The molecule has 106 valence electrons. The van der Waals surface area contributed by atoms with Crippen molar-refractivity contribution in [3.05, 3.63) is 53.3 Å². The summed E-state index contributed by atoms with van der Waals surface area (Å²) in [6.07, 6.45) is 0. The zero-order valence-electron chi connectivity index (χ0n) is 12.4. The standard InChI is InChI=1S/C16H22N4/c1-12(2)20(11-14-7-5-4-6-8-14)16-18-13(3)9-15(10-17)19-16/h4-9,12H,10-11,17H2,1-3H3. The molecule has 0 amide bonds. The first kappa shape index (κ1) is 14.5. The Morgan fingerprint density at radius 3 is 2.45 bits per heavy atom. The molecule has 0 saturated carbocycles. The summed E-state index contributed by atoms with van der Waals surface area (Å²) in [4.78, 5) is 11.3. The first-order chi connectivity index (χ1) is 9.60. The molecule has 0 radical (unpaired) electrons. The lowest BCUT2D eigenvalue weighted by Crippen LogP contribution is -2.32. The molecule has 2 aromatic rings. The van der Waals surface area contributed by atoms with Crippen LogP contribution < -0.4 is 10.6 Å². The predicted molar refractivity (Wildman–Crippen MR) is 82.4 cm³/mol. The number of nitrogens with two attached hydrogens (primary N) is 1. The van der Waals surface area contributed by atoms with E-state index >= 15 is 0 Å². The molecule has 0 aliphatic carbocycles. The van der Waals surface area contributed by atoms with Crippen molar-refractivity contribution in [2.45, 2.75) is 39.9 Å². The van der Waals surface area contributed by atoms with Crippen molar-refractivity contribution < 1.29 is 0 Å². The third-order valence-electron chi connectivity index (χ3n) is 3.18. The Bertz CT molecular complexity index is 552. The fourth-order valence-corrected chi connectivity index (χ4v) is 2.11. The summed E-state index contributed by atoms with van der Waals surface area (Å²) in [5, 5.41) is 0. The van der Waals surface area contributed by atoms with Crippen molar-refractivity contribution in [3.63, 3.8) is 0 Å². The van der Waals surface area contributed by atoms with E-state index in [2.05, 4.69) is 53.0 Å². The number of aryl methyl sites for hydroxylation is 1. The molecule has 0 aliphatic rings. The second kappa shape index (κ2) is 6.48. The van der Waals surface area contributed by atoms with Gasteiger partial charge in [-0.2, -0.15) is 0 Å². The second-order valence-electron chi connectivity index (χ2n) is 5.21. The highest BCUT2D eigenvalue weighted by Crippen LogP contribution is 2.17. The molecule has 1 heterocycles. The molecule has 20 heavy (non-hydrogen) atoms. The Kier molecular flexibility index (Phi) is 4.69. The van der Waals surface area contributed by atoms with Crippen LogP contribution in [0.25, 0.3) is 0 Å². The van der Waals surface area contributed by atoms with Crippen molar-refractivity contribution in [2.24, 2.45) is 5.73 Å². The summed E-state index contributed by atoms with van der Waals surface area (Å²) in [7, 11) is 0. The molecule has 1 aromatic heterocycles. The Morgan fingerprint density at radius 2 is 1.85 bits per heavy atom. The highest BCUT2D eigenvalue weighted by molar-refractivity contribution is 5.35. The molecule has 0 spiro atoms. The summed E-state index contributed by atoms with van der Waals surface area (Å²) >= 11 is 0. The van der Waals surface area contributed by atoms with Gasteiger partial charge >= 0.3 is 0 Å². The maximum Gasteiger partial charge on any atom is 0.226 e. The number of nitrogens with zero attached hydrogens (tertiary/aromatic N) is 3. The van der Waals surface area contributed by atoms with Gasteiger partial charge in [-0.25, -0.2) is 9.97 Å². The molecule has 0 saturated heterocycles. The topological polar surface area (TPSA) is 55.0 Å². The van der Waals surface area contributed by atoms with E-state index in [0.717, 1.165) is 23.9 Å². The predicted octanol–water partition coefficient (Wildman–Crippen LogP) is 2.66. The number of aromatic nitrogens is 2. The number of hydrogen-bond donors (Lipinski definition) is 1. The molecule has 0 bridgehead atoms. The van der Waals surface area contributed by atoms with E-state index < -0.39 is 0 Å². The monoisotopic (exact) mass is 270 g/mol. The van der Waals surface area contributed by atoms with Gasteiger partial charge in [-0.15, -0.1) is 0 Å². The second-order valence-corrected chi connectivity index (χ2v) is 5.21. The Morgan fingerprint density at radius 1 is 1.15 bits per heavy atom. The van der Waals surface area contributed by atoms with Crippen molar-refractivity contribution in [1.82, 2.24) is 9.97 Å². The molecule has 0 aliphatic heterocycles. The first-order valence-corrected chi connectivity index (χ1v) is 6.95. The minimum atomic E-state index is 0.322. The largest absolute Gasteiger partial charge is 0.334 e. The maximum absolute atomic E-state index is 5.71. The number of hydrogen-bond acceptors (Lipinski definition) is 4. The van der Waals surface area contributed by atoms with Crippen LogP contribution >= 0.6 is 0 Å². The van der Waals surface area contributed by atoms with Crippen LogP contribution in [0.1, 0.15) is 30.8 Å². The van der Waals surface area contributed by atoms with Gasteiger partial charge < -0.3 is 10.6 Å². The summed E-state index contributed by atoms with van der Waals surface area (Å²) in [6, 6.07) is 12.6. The molecular formula is C16H22N4. The highest BCUT2D eigenvalue weighted by Gasteiger charge is 2.15. The quantitative estimate of drug-likeness (QED) is 0.907. The van der Waals surface area contributed by atoms with Crippen LogP contribution in [0.5, 0.6) is 0 Å². The van der Waals surface area contributed by atoms with Crippen LogP contribution in [-0.4, -0.2) is 16.0 Å². The smallest absolute Gasteiger partial charge is 0.226 e. The van der Waals surface area contributed by atoms with E-state index in [0.29, 0.717) is 12.6 Å². The number of anilines is 1. The molecular weight excluding hydrogens is 248 g/mol. The lowest BCUT2D eigenvalue weighted by Gasteiger charge is -2.27. The fourth-order valence-electron chi connectivity index (χ4n) is 2.11. The van der Waals surface area contributed by atoms with E-state index in [4.69, 9.17) is 5.73 Å². The maximum atomic E-state index is 5.71. The van der Waals surface area contributed by atoms with Crippen LogP contribution in [0.4, 0.5) is 5.95 Å². The Balaban J connectivity index is 2.31. The molecule has 0 unspecified atom stereocenters. The Labute approximate surface area is 120 Å². The lowest BCUT2D eigenvalue weighted by atomic mass is 10.2. The third kappa shape index (κ3) is 3.54. The van der Waals surface area contributed by atoms with Gasteiger partial charge in [0.2, 0.25) is 5.95 Å². The minimum absolute atomic E-state index is 0.322. The zero-order valence-corrected chi connectivity index (χ0v) is 12.4. The fraction of sp³-hybridized carbons (Fsp3) is 0.375. The molecule has 2 rings (SSSR count). The van der Waals surface area contributed by atoms with E-state index in [1.807, 2.05) is 19.1 Å². The highest BCUT2D eigenvalue weighted by atomic mass is 15.3. The molecule has 1 aromatic carbocycles. The van der Waals surface area contributed by atoms with E-state index in [9.17, 15) is 0 Å². The third-order valence-corrected chi connectivity index (χ3v) is 3.18. The van der Waals surface area contributed by atoms with Crippen molar-refractivity contribution in [1.29, 1.82) is 0 Å². The van der Waals surface area contributed by atoms with Crippen molar-refractivity contribution in [2.75, 3.05) is 4.90 Å². The van der Waals surface area contributed by atoms with Gasteiger partial charge in [0, 0.05) is 24.8 Å². The molecule has 4 heteroatoms. The first-order valence-electron chi connectivity index (χ1n) is 6.95. The van der Waals surface area contributed by atoms with E-state index in [-0.39, 0.29) is 0 Å². The minimum Gasteiger partial charge on any atom is -0.334 e. The van der Waals surface area contributed by atoms with Gasteiger partial charge in [0.15, 0.2) is 0 Å². The average molecular weight is 270 g/mol. The molecule has 2 N–H and O–H groups in total. The summed E-state index contributed by atoms with van der Waals surface area (Å²) < 4.78 is 0. The van der Waals surface area contributed by atoms with Crippen LogP contribution in [0.2, 0.25) is 0 Å². The molecule has 4 nitrogen and oxygen atoms in total. The normalized spacial score (nSPS) is 10.8. The SMILES string of the molecule is Cc1cc(CN)nc(N(Cc2ccccc2)C(C)C)n1. The van der Waals surface area contributed by atoms with Gasteiger partial charge in [-0.3, -0.25) is 0 Å². The van der Waals surface area contributed by atoms with Gasteiger partial charge in [-0.05, 0) is 32.4 Å². The van der Waals surface area contributed by atoms with Gasteiger partial charge in [0.25, 0.3) is 0 Å². The van der Waals surface area contributed by atoms with Crippen molar-refractivity contribution >= 4 is 5.95 Å². The molecule has 0 fully saturated rings. The van der Waals surface area contributed by atoms with Gasteiger partial charge in [0.05, 0.1) is 5.69 Å². The lowest BCUT2D eigenvalue weighted by molar-refractivity contribution is 0.656. The van der Waals surface area contributed by atoms with Gasteiger partial charge in [0.1, 0.15) is 0 Å². The Hall–Kier alpha value is -1.94. The zero-order chi connectivity index (χ0) is 14.5. The van der Waals surface area contributed by atoms with Crippen LogP contribution in [0, 0.1) is 6.92 Å². The van der Waals surface area contributed by atoms with Crippen LogP contribution in [-0.2, 0) is 13.1 Å². The summed E-state index contributed by atoms with van der Waals surface area (Å²) in [5.41, 5.74) is 8.79. The average Bonchev–Trinajstić information content (AvgIpc) is 2.44. The molecule has 0 atom stereocenters. The number of rotatable bonds is 5. The van der Waals surface area contributed by atoms with E-state index in [1.54, 1.807) is 0 Å².